The summed E-state index contributed by atoms with van der Waals surface area (Å²) in [7, 11) is 0. The largest absolute Gasteiger partial charge is 0.508 e. The van der Waals surface area contributed by atoms with Crippen molar-refractivity contribution in [3.8, 4) is 5.75 Å². The Balaban J connectivity index is 1.54. The Morgan fingerprint density at radius 1 is 1.35 bits per heavy atom. The second-order valence-electron chi connectivity index (χ2n) is 6.80. The first-order valence-corrected chi connectivity index (χ1v) is 8.89. The fourth-order valence-corrected chi connectivity index (χ4v) is 3.44. The highest BCUT2D eigenvalue weighted by atomic mass is 16.5. The van der Waals surface area contributed by atoms with E-state index in [2.05, 4.69) is 23.5 Å². The zero-order chi connectivity index (χ0) is 18.7. The maximum Gasteiger partial charge on any atom is 0.317 e. The molecule has 1 aromatic heterocycles. The van der Waals surface area contributed by atoms with Crippen LogP contribution in [0.3, 0.4) is 0 Å². The van der Waals surface area contributed by atoms with Crippen LogP contribution in [0.2, 0.25) is 0 Å². The lowest BCUT2D eigenvalue weighted by Gasteiger charge is -2.27. The molecule has 0 bridgehead atoms. The van der Waals surface area contributed by atoms with E-state index >= 15 is 0 Å². The molecule has 0 fully saturated rings. The molecular weight excluding hydrogens is 330 g/mol. The molecule has 6 heteroatoms. The summed E-state index contributed by atoms with van der Waals surface area (Å²) in [5.41, 5.74) is 4.25. The number of nitrogens with one attached hydrogen (secondary N) is 1. The maximum atomic E-state index is 12.4. The van der Waals surface area contributed by atoms with E-state index in [0.717, 1.165) is 29.0 Å². The summed E-state index contributed by atoms with van der Waals surface area (Å²) in [6, 6.07) is 7.13. The molecule has 2 heterocycles. The minimum atomic E-state index is -0.0513. The van der Waals surface area contributed by atoms with Gasteiger partial charge in [0.25, 0.3) is 0 Å². The van der Waals surface area contributed by atoms with E-state index in [0.29, 0.717) is 19.6 Å². The van der Waals surface area contributed by atoms with Crippen molar-refractivity contribution in [1.82, 2.24) is 15.4 Å². The molecule has 1 atom stereocenters. The first-order valence-electron chi connectivity index (χ1n) is 8.89. The van der Waals surface area contributed by atoms with Crippen molar-refractivity contribution < 1.29 is 14.4 Å². The topological polar surface area (TPSA) is 78.6 Å². The van der Waals surface area contributed by atoms with Gasteiger partial charge in [0.05, 0.1) is 5.69 Å². The van der Waals surface area contributed by atoms with Crippen LogP contribution in [0.4, 0.5) is 4.79 Å². The van der Waals surface area contributed by atoms with Crippen molar-refractivity contribution in [3.63, 3.8) is 0 Å². The lowest BCUT2D eigenvalue weighted by molar-refractivity contribution is 0.202. The lowest BCUT2D eigenvalue weighted by Crippen LogP contribution is -2.43. The van der Waals surface area contributed by atoms with E-state index in [-0.39, 0.29) is 17.7 Å². The number of hydrogen-bond donors (Lipinski definition) is 2. The molecule has 0 radical (unpaired) electrons. The second kappa shape index (κ2) is 7.64. The SMILES string of the molecule is Cc1noc(C)c1C(C)CNC(=O)N1CC=C(c2ccc(O)cc2)CC1. The minimum Gasteiger partial charge on any atom is -0.508 e. The Morgan fingerprint density at radius 2 is 2.08 bits per heavy atom. The average Bonchev–Trinajstić information content (AvgIpc) is 2.99. The van der Waals surface area contributed by atoms with Gasteiger partial charge in [0.15, 0.2) is 0 Å². The number of aromatic hydroxyl groups is 1. The Bertz CT molecular complexity index is 789. The van der Waals surface area contributed by atoms with Crippen molar-refractivity contribution in [2.75, 3.05) is 19.6 Å². The van der Waals surface area contributed by atoms with Gasteiger partial charge in [0.1, 0.15) is 11.5 Å². The van der Waals surface area contributed by atoms with Gasteiger partial charge in [0, 0.05) is 31.1 Å². The van der Waals surface area contributed by atoms with Crippen LogP contribution in [-0.4, -0.2) is 40.8 Å². The molecule has 0 aliphatic carbocycles. The third-order valence-corrected chi connectivity index (χ3v) is 4.88. The van der Waals surface area contributed by atoms with Crippen molar-refractivity contribution in [2.45, 2.75) is 33.1 Å². The first-order chi connectivity index (χ1) is 12.5. The zero-order valence-electron chi connectivity index (χ0n) is 15.5. The van der Waals surface area contributed by atoms with Crippen molar-refractivity contribution >= 4 is 11.6 Å². The van der Waals surface area contributed by atoms with Gasteiger partial charge in [-0.1, -0.05) is 30.3 Å². The molecule has 6 nitrogen and oxygen atoms in total. The predicted octanol–water partition coefficient (Wildman–Crippen LogP) is 3.60. The van der Waals surface area contributed by atoms with Gasteiger partial charge >= 0.3 is 6.03 Å². The molecule has 0 spiro atoms. The number of urea groups is 1. The third-order valence-electron chi connectivity index (χ3n) is 4.88. The van der Waals surface area contributed by atoms with Crippen LogP contribution in [0.1, 0.15) is 41.8 Å². The normalized spacial score (nSPS) is 15.5. The number of benzene rings is 1. The molecule has 2 N–H and O–H groups in total. The summed E-state index contributed by atoms with van der Waals surface area (Å²) < 4.78 is 5.20. The number of phenolic OH excluding ortho intramolecular Hbond substituents is 1. The monoisotopic (exact) mass is 355 g/mol. The molecule has 1 aliphatic heterocycles. The molecule has 138 valence electrons. The van der Waals surface area contributed by atoms with Gasteiger partial charge in [-0.3, -0.25) is 0 Å². The zero-order valence-corrected chi connectivity index (χ0v) is 15.5. The van der Waals surface area contributed by atoms with Crippen LogP contribution in [-0.2, 0) is 0 Å². The molecule has 0 saturated heterocycles. The smallest absolute Gasteiger partial charge is 0.317 e. The van der Waals surface area contributed by atoms with E-state index in [1.165, 1.54) is 5.57 Å². The molecule has 2 amide bonds. The number of aryl methyl sites for hydroxylation is 2. The highest BCUT2D eigenvalue weighted by Gasteiger charge is 2.20. The minimum absolute atomic E-state index is 0.0513. The van der Waals surface area contributed by atoms with Gasteiger partial charge in [-0.25, -0.2) is 4.79 Å². The molecule has 3 rings (SSSR count). The predicted molar refractivity (Wildman–Crippen MR) is 100 cm³/mol. The van der Waals surface area contributed by atoms with Gasteiger partial charge < -0.3 is 19.8 Å². The highest BCUT2D eigenvalue weighted by Crippen LogP contribution is 2.25. The number of rotatable bonds is 4. The number of phenols is 1. The molecule has 1 unspecified atom stereocenters. The maximum absolute atomic E-state index is 12.4. The number of nitrogens with zero attached hydrogens (tertiary/aromatic N) is 2. The summed E-state index contributed by atoms with van der Waals surface area (Å²) >= 11 is 0. The van der Waals surface area contributed by atoms with E-state index < -0.39 is 0 Å². The van der Waals surface area contributed by atoms with Crippen molar-refractivity contribution in [2.24, 2.45) is 0 Å². The van der Waals surface area contributed by atoms with Crippen LogP contribution in [0.15, 0.2) is 34.9 Å². The second-order valence-corrected chi connectivity index (χ2v) is 6.80. The van der Waals surface area contributed by atoms with Gasteiger partial charge in [0.2, 0.25) is 0 Å². The Labute approximate surface area is 153 Å². The standard InChI is InChI=1S/C20H25N3O3/c1-13(19-14(2)22-26-15(19)3)12-21-20(25)23-10-8-17(9-11-23)16-4-6-18(24)7-5-16/h4-8,13,24H,9-12H2,1-3H3,(H,21,25). The molecule has 0 saturated carbocycles. The van der Waals surface area contributed by atoms with E-state index in [9.17, 15) is 9.90 Å². The molecule has 2 aromatic rings. The third kappa shape index (κ3) is 3.90. The molecular formula is C20H25N3O3. The summed E-state index contributed by atoms with van der Waals surface area (Å²) in [5, 5.41) is 16.4. The number of hydrogen-bond acceptors (Lipinski definition) is 4. The summed E-state index contributed by atoms with van der Waals surface area (Å²) in [4.78, 5) is 14.3. The van der Waals surface area contributed by atoms with Crippen molar-refractivity contribution in [3.05, 3.63) is 52.9 Å². The van der Waals surface area contributed by atoms with Gasteiger partial charge in [-0.15, -0.1) is 0 Å². The van der Waals surface area contributed by atoms with E-state index in [4.69, 9.17) is 4.52 Å². The fraction of sp³-hybridized carbons (Fsp3) is 0.400. The number of aromatic nitrogens is 1. The number of amides is 2. The summed E-state index contributed by atoms with van der Waals surface area (Å²) in [6.45, 7) is 7.69. The van der Waals surface area contributed by atoms with Crippen LogP contribution in [0, 0.1) is 13.8 Å². The fourth-order valence-electron chi connectivity index (χ4n) is 3.44. The Kier molecular flexibility index (Phi) is 5.30. The van der Waals surface area contributed by atoms with Crippen LogP contribution in [0.25, 0.3) is 5.57 Å². The van der Waals surface area contributed by atoms with Gasteiger partial charge in [-0.2, -0.15) is 0 Å². The molecule has 1 aromatic carbocycles. The number of carbonyl (C=O) groups excluding carboxylic acids is 1. The highest BCUT2D eigenvalue weighted by molar-refractivity contribution is 5.76. The van der Waals surface area contributed by atoms with Crippen molar-refractivity contribution in [1.29, 1.82) is 0 Å². The van der Waals surface area contributed by atoms with E-state index in [1.54, 1.807) is 12.1 Å². The van der Waals surface area contributed by atoms with Gasteiger partial charge in [-0.05, 0) is 43.5 Å². The van der Waals surface area contributed by atoms with Crippen LogP contribution < -0.4 is 5.32 Å². The average molecular weight is 355 g/mol. The number of carbonyl (C=O) groups is 1. The van der Waals surface area contributed by atoms with Crippen LogP contribution >= 0.6 is 0 Å². The quantitative estimate of drug-likeness (QED) is 0.878. The van der Waals surface area contributed by atoms with E-state index in [1.807, 2.05) is 30.9 Å². The molecule has 26 heavy (non-hydrogen) atoms. The summed E-state index contributed by atoms with van der Waals surface area (Å²) in [5.74, 6) is 1.22. The summed E-state index contributed by atoms with van der Waals surface area (Å²) in [6.07, 6.45) is 2.88. The Morgan fingerprint density at radius 3 is 2.65 bits per heavy atom. The first kappa shape index (κ1) is 18.0. The lowest BCUT2D eigenvalue weighted by atomic mass is 9.99. The Hall–Kier alpha value is -2.76. The molecule has 1 aliphatic rings. The van der Waals surface area contributed by atoms with Crippen LogP contribution in [0.5, 0.6) is 5.75 Å².